The van der Waals surface area contributed by atoms with Crippen molar-refractivity contribution in [2.75, 3.05) is 25.0 Å². The Hall–Kier alpha value is -2.36. The van der Waals surface area contributed by atoms with E-state index in [-0.39, 0.29) is 24.4 Å². The van der Waals surface area contributed by atoms with Gasteiger partial charge in [0, 0.05) is 29.8 Å². The molecule has 0 N–H and O–H groups in total. The van der Waals surface area contributed by atoms with Crippen LogP contribution in [-0.4, -0.2) is 37.0 Å². The van der Waals surface area contributed by atoms with Gasteiger partial charge in [0.1, 0.15) is 0 Å². The maximum Gasteiger partial charge on any atom is 0.258 e. The highest BCUT2D eigenvalue weighted by Gasteiger charge is 2.44. The zero-order chi connectivity index (χ0) is 18.5. The first kappa shape index (κ1) is 19.0. The molecule has 0 unspecified atom stereocenters. The molecule has 1 saturated heterocycles. The van der Waals surface area contributed by atoms with Crippen LogP contribution in [-0.2, 0) is 0 Å². The first-order valence-corrected chi connectivity index (χ1v) is 9.73. The minimum absolute atomic E-state index is 0. The van der Waals surface area contributed by atoms with Crippen molar-refractivity contribution >= 4 is 34.8 Å². The summed E-state index contributed by atoms with van der Waals surface area (Å²) in [7, 11) is 2.18. The van der Waals surface area contributed by atoms with Crippen LogP contribution >= 0.6 is 12.4 Å². The normalized spacial score (nSPS) is 21.1. The molecular weight excluding hydrogens is 368 g/mol. The fraction of sp³-hybridized carbons (Fsp3) is 0.292. The number of nitrogens with zero attached hydrogens (tertiary/aromatic N) is 2. The standard InChI is InChI=1S/C24H24N2O.ClH/c1-16-7-10-22-20(13-16)21-15-25(2)12-11-23(21)26(22)24(27)19-9-8-17-5-3-4-6-18(17)14-19;/h3-10,13-14,21,23H,11-12,15H2,1-2H3;1H/t21-,23+;/m0./s1. The van der Waals surface area contributed by atoms with Crippen molar-refractivity contribution in [3.05, 3.63) is 77.4 Å². The minimum Gasteiger partial charge on any atom is -0.306 e. The molecule has 2 heterocycles. The minimum atomic E-state index is 0. The molecule has 0 aromatic heterocycles. The predicted molar refractivity (Wildman–Crippen MR) is 118 cm³/mol. The Labute approximate surface area is 172 Å². The number of likely N-dealkylation sites (N-methyl/N-ethyl adjacent to an activating group) is 1. The molecule has 0 aliphatic carbocycles. The van der Waals surface area contributed by atoms with Gasteiger partial charge in [-0.15, -0.1) is 12.4 Å². The Morgan fingerprint density at radius 1 is 1.00 bits per heavy atom. The van der Waals surface area contributed by atoms with Crippen molar-refractivity contribution in [1.29, 1.82) is 0 Å². The third-order valence-corrected chi connectivity index (χ3v) is 6.17. The maximum absolute atomic E-state index is 13.6. The van der Waals surface area contributed by atoms with E-state index in [0.717, 1.165) is 36.1 Å². The Morgan fingerprint density at radius 3 is 2.61 bits per heavy atom. The summed E-state index contributed by atoms with van der Waals surface area (Å²) < 4.78 is 0. The lowest BCUT2D eigenvalue weighted by atomic mass is 9.88. The van der Waals surface area contributed by atoms with Crippen LogP contribution in [0.3, 0.4) is 0 Å². The quantitative estimate of drug-likeness (QED) is 0.580. The monoisotopic (exact) mass is 392 g/mol. The molecule has 0 bridgehead atoms. The number of aryl methyl sites for hydroxylation is 1. The molecule has 0 radical (unpaired) electrons. The van der Waals surface area contributed by atoms with E-state index in [2.05, 4.69) is 60.2 Å². The van der Waals surface area contributed by atoms with Gasteiger partial charge in [0.05, 0.1) is 0 Å². The molecule has 5 rings (SSSR count). The zero-order valence-electron chi connectivity index (χ0n) is 16.3. The van der Waals surface area contributed by atoms with E-state index >= 15 is 0 Å². The summed E-state index contributed by atoms with van der Waals surface area (Å²) in [4.78, 5) is 18.1. The van der Waals surface area contributed by atoms with Gasteiger partial charge in [0.25, 0.3) is 5.91 Å². The van der Waals surface area contributed by atoms with Crippen molar-refractivity contribution in [2.24, 2.45) is 0 Å². The van der Waals surface area contributed by atoms with Gasteiger partial charge >= 0.3 is 0 Å². The first-order chi connectivity index (χ1) is 13.1. The van der Waals surface area contributed by atoms with Crippen molar-refractivity contribution in [3.8, 4) is 0 Å². The highest BCUT2D eigenvalue weighted by molar-refractivity contribution is 6.09. The van der Waals surface area contributed by atoms with Crippen molar-refractivity contribution in [1.82, 2.24) is 4.90 Å². The van der Waals surface area contributed by atoms with Crippen LogP contribution in [0.4, 0.5) is 5.69 Å². The number of halogens is 1. The van der Waals surface area contributed by atoms with Crippen LogP contribution in [0.1, 0.15) is 33.8 Å². The molecule has 1 amide bonds. The number of anilines is 1. The second-order valence-corrected chi connectivity index (χ2v) is 8.02. The van der Waals surface area contributed by atoms with E-state index in [1.165, 1.54) is 16.5 Å². The highest BCUT2D eigenvalue weighted by Crippen LogP contribution is 2.45. The summed E-state index contributed by atoms with van der Waals surface area (Å²) >= 11 is 0. The molecule has 4 heteroatoms. The third-order valence-electron chi connectivity index (χ3n) is 6.17. The predicted octanol–water partition coefficient (Wildman–Crippen LogP) is 5.02. The van der Waals surface area contributed by atoms with Crippen molar-refractivity contribution < 1.29 is 4.79 Å². The van der Waals surface area contributed by atoms with Crippen LogP contribution in [0.5, 0.6) is 0 Å². The number of piperidine rings is 1. The molecule has 2 aliphatic heterocycles. The number of carbonyl (C=O) groups is 1. The number of hydrogen-bond donors (Lipinski definition) is 0. The lowest BCUT2D eigenvalue weighted by molar-refractivity contribution is 0.0965. The van der Waals surface area contributed by atoms with Gasteiger partial charge in [-0.3, -0.25) is 4.79 Å². The van der Waals surface area contributed by atoms with E-state index < -0.39 is 0 Å². The number of rotatable bonds is 1. The van der Waals surface area contributed by atoms with E-state index in [1.807, 2.05) is 24.3 Å². The van der Waals surface area contributed by atoms with Gasteiger partial charge < -0.3 is 9.80 Å². The number of hydrogen-bond acceptors (Lipinski definition) is 2. The van der Waals surface area contributed by atoms with Crippen LogP contribution in [0.2, 0.25) is 0 Å². The molecule has 3 nitrogen and oxygen atoms in total. The maximum atomic E-state index is 13.6. The van der Waals surface area contributed by atoms with Gasteiger partial charge in [0.15, 0.2) is 0 Å². The Kier molecular flexibility index (Phi) is 4.90. The van der Waals surface area contributed by atoms with Crippen LogP contribution in [0.25, 0.3) is 10.8 Å². The summed E-state index contributed by atoms with van der Waals surface area (Å²) in [5.41, 5.74) is 4.48. The topological polar surface area (TPSA) is 23.6 Å². The van der Waals surface area contributed by atoms with Gasteiger partial charge in [-0.25, -0.2) is 0 Å². The lowest BCUT2D eigenvalue weighted by Gasteiger charge is -2.36. The molecule has 2 aliphatic rings. The largest absolute Gasteiger partial charge is 0.306 e. The zero-order valence-corrected chi connectivity index (χ0v) is 17.1. The number of carbonyl (C=O) groups excluding carboxylic acids is 1. The van der Waals surface area contributed by atoms with Crippen LogP contribution in [0, 0.1) is 6.92 Å². The lowest BCUT2D eigenvalue weighted by Crippen LogP contribution is -2.47. The van der Waals surface area contributed by atoms with Gasteiger partial charge in [0.2, 0.25) is 0 Å². The van der Waals surface area contributed by atoms with E-state index in [1.54, 1.807) is 0 Å². The highest BCUT2D eigenvalue weighted by atomic mass is 35.5. The Morgan fingerprint density at radius 2 is 1.79 bits per heavy atom. The first-order valence-electron chi connectivity index (χ1n) is 9.73. The fourth-order valence-electron chi connectivity index (χ4n) is 4.81. The van der Waals surface area contributed by atoms with Gasteiger partial charge in [-0.1, -0.05) is 48.0 Å². The van der Waals surface area contributed by atoms with Crippen LogP contribution in [0.15, 0.2) is 60.7 Å². The molecule has 0 spiro atoms. The average molecular weight is 393 g/mol. The Bertz CT molecular complexity index is 1050. The molecule has 3 aromatic carbocycles. The van der Waals surface area contributed by atoms with Crippen molar-refractivity contribution in [2.45, 2.75) is 25.3 Å². The Balaban J connectivity index is 0.00000192. The van der Waals surface area contributed by atoms with Gasteiger partial charge in [-0.2, -0.15) is 0 Å². The fourth-order valence-corrected chi connectivity index (χ4v) is 4.81. The molecule has 2 atom stereocenters. The summed E-state index contributed by atoms with van der Waals surface area (Å²) in [6, 6.07) is 21.1. The van der Waals surface area contributed by atoms with Gasteiger partial charge in [-0.05, 0) is 61.5 Å². The number of likely N-dealkylation sites (tertiary alicyclic amines) is 1. The second-order valence-electron chi connectivity index (χ2n) is 8.02. The average Bonchev–Trinajstić information content (AvgIpc) is 3.00. The molecule has 28 heavy (non-hydrogen) atoms. The summed E-state index contributed by atoms with van der Waals surface area (Å²) in [5.74, 6) is 0.533. The molecule has 144 valence electrons. The smallest absolute Gasteiger partial charge is 0.258 e. The van der Waals surface area contributed by atoms with E-state index in [4.69, 9.17) is 0 Å². The SMILES string of the molecule is Cc1ccc2c(c1)[C@@H]1CN(C)CC[C@H]1N2C(=O)c1ccc2ccccc2c1.Cl. The summed E-state index contributed by atoms with van der Waals surface area (Å²) in [6.07, 6.45) is 1.02. The summed E-state index contributed by atoms with van der Waals surface area (Å²) in [6.45, 7) is 4.19. The summed E-state index contributed by atoms with van der Waals surface area (Å²) in [5, 5.41) is 2.29. The molecule has 3 aromatic rings. The number of amides is 1. The van der Waals surface area contributed by atoms with E-state index in [0.29, 0.717) is 5.92 Å². The molecular formula is C24H25ClN2O. The molecule has 0 saturated carbocycles. The third kappa shape index (κ3) is 2.99. The second kappa shape index (κ2) is 7.23. The number of fused-ring (bicyclic) bond motifs is 4. The van der Waals surface area contributed by atoms with Crippen LogP contribution < -0.4 is 4.90 Å². The van der Waals surface area contributed by atoms with Crippen molar-refractivity contribution in [3.63, 3.8) is 0 Å². The van der Waals surface area contributed by atoms with E-state index in [9.17, 15) is 4.79 Å². The number of benzene rings is 3. The molecule has 1 fully saturated rings.